The first-order valence-electron chi connectivity index (χ1n) is 11.0. The normalized spacial score (nSPS) is 14.0. The zero-order chi connectivity index (χ0) is 22.8. The molecule has 32 heavy (non-hydrogen) atoms. The van der Waals surface area contributed by atoms with Crippen LogP contribution >= 0.6 is 0 Å². The van der Waals surface area contributed by atoms with Gasteiger partial charge >= 0.3 is 5.97 Å². The van der Waals surface area contributed by atoms with E-state index in [9.17, 15) is 14.4 Å². The fourth-order valence-corrected chi connectivity index (χ4v) is 3.80. The number of carbonyl (C=O) groups is 3. The molecular weight excluding hydrogens is 408 g/mol. The molecule has 1 fully saturated rings. The van der Waals surface area contributed by atoms with E-state index in [0.717, 1.165) is 19.3 Å². The molecule has 1 heterocycles. The Labute approximate surface area is 188 Å². The Morgan fingerprint density at radius 2 is 1.69 bits per heavy atom. The van der Waals surface area contributed by atoms with Crippen LogP contribution in [0.1, 0.15) is 35.7 Å². The zero-order valence-corrected chi connectivity index (χ0v) is 18.4. The number of nitrogens with one attached hydrogen (secondary N) is 1. The van der Waals surface area contributed by atoms with Gasteiger partial charge in [0.2, 0.25) is 0 Å². The summed E-state index contributed by atoms with van der Waals surface area (Å²) in [6.07, 6.45) is 2.89. The van der Waals surface area contributed by atoms with Crippen LogP contribution in [0, 0.1) is 5.92 Å². The van der Waals surface area contributed by atoms with Crippen molar-refractivity contribution >= 4 is 17.8 Å². The van der Waals surface area contributed by atoms with Crippen LogP contribution < -0.4 is 10.1 Å². The van der Waals surface area contributed by atoms with Gasteiger partial charge in [0.25, 0.3) is 11.8 Å². The minimum absolute atomic E-state index is 0.204. The minimum atomic E-state index is -0.653. The van der Waals surface area contributed by atoms with Crippen molar-refractivity contribution in [1.29, 1.82) is 0 Å². The van der Waals surface area contributed by atoms with Gasteiger partial charge in [-0.25, -0.2) is 0 Å². The molecule has 170 valence electrons. The van der Waals surface area contributed by atoms with Crippen molar-refractivity contribution in [2.45, 2.75) is 26.2 Å². The predicted molar refractivity (Wildman–Crippen MR) is 120 cm³/mol. The average molecular weight is 439 g/mol. The first-order chi connectivity index (χ1) is 15.6. The Balaban J connectivity index is 1.36. The zero-order valence-electron chi connectivity index (χ0n) is 18.4. The Bertz CT molecular complexity index is 908. The Hall–Kier alpha value is -3.35. The number of ether oxygens (including phenoxy) is 2. The molecule has 2 aromatic rings. The van der Waals surface area contributed by atoms with Crippen LogP contribution in [0.4, 0.5) is 0 Å². The summed E-state index contributed by atoms with van der Waals surface area (Å²) < 4.78 is 10.5. The summed E-state index contributed by atoms with van der Waals surface area (Å²) in [5, 5.41) is 2.51. The van der Waals surface area contributed by atoms with Crippen LogP contribution in [-0.2, 0) is 20.7 Å². The van der Waals surface area contributed by atoms with Crippen molar-refractivity contribution in [3.8, 4) is 5.75 Å². The van der Waals surface area contributed by atoms with E-state index in [-0.39, 0.29) is 19.1 Å². The lowest BCUT2D eigenvalue weighted by Crippen LogP contribution is -2.41. The number of nitrogens with zero attached hydrogens (tertiary/aromatic N) is 1. The van der Waals surface area contributed by atoms with Crippen LogP contribution in [0.5, 0.6) is 5.75 Å². The molecule has 7 nitrogen and oxygen atoms in total. The molecule has 2 aromatic carbocycles. The van der Waals surface area contributed by atoms with Gasteiger partial charge in [0, 0.05) is 13.1 Å². The maximum atomic E-state index is 12.4. The molecule has 3 rings (SSSR count). The number of hydrogen-bond acceptors (Lipinski definition) is 5. The third-order valence-electron chi connectivity index (χ3n) is 5.52. The van der Waals surface area contributed by atoms with Crippen LogP contribution in [0.15, 0.2) is 54.6 Å². The first-order valence-corrected chi connectivity index (χ1v) is 11.0. The van der Waals surface area contributed by atoms with Gasteiger partial charge in [-0.05, 0) is 49.8 Å². The van der Waals surface area contributed by atoms with Crippen molar-refractivity contribution in [2.24, 2.45) is 5.92 Å². The molecule has 0 aliphatic carbocycles. The number of para-hydroxylation sites is 1. The van der Waals surface area contributed by atoms with Gasteiger partial charge in [-0.3, -0.25) is 14.4 Å². The molecule has 1 aliphatic heterocycles. The monoisotopic (exact) mass is 438 g/mol. The summed E-state index contributed by atoms with van der Waals surface area (Å²) in [6.45, 7) is 2.96. The van der Waals surface area contributed by atoms with Gasteiger partial charge in [0.1, 0.15) is 12.3 Å². The number of piperidine rings is 1. The summed E-state index contributed by atoms with van der Waals surface area (Å²) in [7, 11) is 0. The van der Waals surface area contributed by atoms with Crippen LogP contribution in [-0.4, -0.2) is 55.5 Å². The van der Waals surface area contributed by atoms with E-state index in [4.69, 9.17) is 9.47 Å². The molecular formula is C25H30N2O5. The largest absolute Gasteiger partial charge is 0.493 e. The third-order valence-corrected chi connectivity index (χ3v) is 5.52. The molecule has 0 unspecified atom stereocenters. The molecule has 7 heteroatoms. The molecule has 0 atom stereocenters. The maximum Gasteiger partial charge on any atom is 0.325 e. The Morgan fingerprint density at radius 3 is 2.41 bits per heavy atom. The second-order valence-electron chi connectivity index (χ2n) is 7.79. The lowest BCUT2D eigenvalue weighted by Gasteiger charge is -2.32. The maximum absolute atomic E-state index is 12.4. The highest BCUT2D eigenvalue weighted by molar-refractivity contribution is 5.98. The second-order valence-corrected chi connectivity index (χ2v) is 7.79. The van der Waals surface area contributed by atoms with Gasteiger partial charge in [-0.15, -0.1) is 0 Å². The minimum Gasteiger partial charge on any atom is -0.493 e. The van der Waals surface area contributed by atoms with Crippen molar-refractivity contribution in [3.05, 3.63) is 65.7 Å². The average Bonchev–Trinajstić information content (AvgIpc) is 2.82. The number of amides is 2. The Morgan fingerprint density at radius 1 is 1.00 bits per heavy atom. The van der Waals surface area contributed by atoms with E-state index >= 15 is 0 Å². The molecule has 0 radical (unpaired) electrons. The standard InChI is InChI=1S/C25H30N2O5/c1-2-31-22-11-7-6-10-21(22)25(30)26-17-24(29)32-18-23(28)27-14-12-20(13-15-27)16-19-8-4-3-5-9-19/h3-11,20H,2,12-18H2,1H3,(H,26,30). The van der Waals surface area contributed by atoms with Gasteiger partial charge < -0.3 is 19.7 Å². The number of hydrogen-bond donors (Lipinski definition) is 1. The number of rotatable bonds is 9. The highest BCUT2D eigenvalue weighted by Gasteiger charge is 2.24. The smallest absolute Gasteiger partial charge is 0.325 e. The fourth-order valence-electron chi connectivity index (χ4n) is 3.80. The van der Waals surface area contributed by atoms with E-state index in [1.807, 2.05) is 25.1 Å². The van der Waals surface area contributed by atoms with Crippen LogP contribution in [0.2, 0.25) is 0 Å². The first kappa shape index (κ1) is 23.3. The molecule has 0 aromatic heterocycles. The number of carbonyl (C=O) groups excluding carboxylic acids is 3. The summed E-state index contributed by atoms with van der Waals surface area (Å²) >= 11 is 0. The van der Waals surface area contributed by atoms with E-state index in [2.05, 4.69) is 17.4 Å². The van der Waals surface area contributed by atoms with Crippen LogP contribution in [0.25, 0.3) is 0 Å². The van der Waals surface area contributed by atoms with Gasteiger partial charge in [-0.1, -0.05) is 42.5 Å². The van der Waals surface area contributed by atoms with Gasteiger partial charge in [0.05, 0.1) is 12.2 Å². The predicted octanol–water partition coefficient (Wildman–Crippen LogP) is 2.84. The van der Waals surface area contributed by atoms with E-state index < -0.39 is 11.9 Å². The Kier molecular flexibility index (Phi) is 8.66. The SMILES string of the molecule is CCOc1ccccc1C(=O)NCC(=O)OCC(=O)N1CCC(Cc2ccccc2)CC1. The van der Waals surface area contributed by atoms with Crippen molar-refractivity contribution in [3.63, 3.8) is 0 Å². The summed E-state index contributed by atoms with van der Waals surface area (Å²) in [5.74, 6) is -0.285. The summed E-state index contributed by atoms with van der Waals surface area (Å²) in [6, 6.07) is 17.2. The van der Waals surface area contributed by atoms with Crippen molar-refractivity contribution in [1.82, 2.24) is 10.2 Å². The molecule has 2 amide bonds. The quantitative estimate of drug-likeness (QED) is 0.609. The van der Waals surface area contributed by atoms with E-state index in [1.54, 1.807) is 29.2 Å². The molecule has 1 aliphatic rings. The second kappa shape index (κ2) is 11.9. The molecule has 0 saturated carbocycles. The third kappa shape index (κ3) is 6.83. The van der Waals surface area contributed by atoms with E-state index in [0.29, 0.717) is 36.9 Å². The highest BCUT2D eigenvalue weighted by Crippen LogP contribution is 2.22. The molecule has 0 spiro atoms. The summed E-state index contributed by atoms with van der Waals surface area (Å²) in [5.41, 5.74) is 1.66. The van der Waals surface area contributed by atoms with Gasteiger partial charge in [0.15, 0.2) is 6.61 Å². The topological polar surface area (TPSA) is 84.9 Å². The molecule has 1 saturated heterocycles. The van der Waals surface area contributed by atoms with Crippen molar-refractivity contribution < 1.29 is 23.9 Å². The van der Waals surface area contributed by atoms with Crippen LogP contribution in [0.3, 0.4) is 0 Å². The number of benzene rings is 2. The molecule has 1 N–H and O–H groups in total. The molecule has 0 bridgehead atoms. The number of esters is 1. The van der Waals surface area contributed by atoms with Crippen molar-refractivity contribution in [2.75, 3.05) is 32.8 Å². The van der Waals surface area contributed by atoms with E-state index in [1.165, 1.54) is 5.56 Å². The lowest BCUT2D eigenvalue weighted by atomic mass is 9.90. The van der Waals surface area contributed by atoms with Gasteiger partial charge in [-0.2, -0.15) is 0 Å². The number of likely N-dealkylation sites (tertiary alicyclic amines) is 1. The lowest BCUT2D eigenvalue weighted by molar-refractivity contribution is -0.151. The fraction of sp³-hybridized carbons (Fsp3) is 0.400. The summed E-state index contributed by atoms with van der Waals surface area (Å²) in [4.78, 5) is 38.4. The highest BCUT2D eigenvalue weighted by atomic mass is 16.5.